The van der Waals surface area contributed by atoms with Crippen LogP contribution in [-0.4, -0.2) is 41.7 Å². The molecule has 4 aromatic rings. The Bertz CT molecular complexity index is 1760. The number of para-hydroxylation sites is 1. The minimum absolute atomic E-state index is 0.239. The largest absolute Gasteiger partial charge is 0.493 e. The summed E-state index contributed by atoms with van der Waals surface area (Å²) in [4.78, 5) is 57.1. The van der Waals surface area contributed by atoms with Crippen molar-refractivity contribution in [3.8, 4) is 11.5 Å². The molecule has 0 spiro atoms. The topological polar surface area (TPSA) is 118 Å². The number of hydrogen-bond donors (Lipinski definition) is 2. The number of ether oxygens (including phenoxy) is 2. The maximum Gasteiger partial charge on any atom is 0.305 e. The van der Waals surface area contributed by atoms with E-state index < -0.39 is 17.1 Å². The number of methoxy groups -OCH3 is 1. The molecule has 1 saturated heterocycles. The standard InChI is InChI=1S/C31H27N3O6S2/c1-16-8-11-19(12-9-16)34-29(36)25-24(26-28(33-31(38)42-26)41-27(25)30(34)37)18-10-13-21(22(14-18)39-3)40-15-23(35)32-20-7-5-4-6-17(20)2/h4-14,24-25,27H,15H2,1-3H3,(H,32,35)(H,33,38)/t24-,25?,27?/m1/s1. The van der Waals surface area contributed by atoms with E-state index in [1.165, 1.54) is 23.8 Å². The van der Waals surface area contributed by atoms with Gasteiger partial charge >= 0.3 is 4.87 Å². The van der Waals surface area contributed by atoms with Gasteiger partial charge in [0, 0.05) is 16.5 Å². The van der Waals surface area contributed by atoms with E-state index in [2.05, 4.69) is 10.3 Å². The lowest BCUT2D eigenvalue weighted by Crippen LogP contribution is -2.32. The number of H-pyrrole nitrogens is 1. The average Bonchev–Trinajstić information content (AvgIpc) is 3.47. The van der Waals surface area contributed by atoms with E-state index in [1.54, 1.807) is 30.3 Å². The monoisotopic (exact) mass is 601 g/mol. The van der Waals surface area contributed by atoms with Gasteiger partial charge in [-0.2, -0.15) is 0 Å². The number of benzene rings is 3. The van der Waals surface area contributed by atoms with Gasteiger partial charge in [0.15, 0.2) is 18.1 Å². The lowest BCUT2D eigenvalue weighted by Gasteiger charge is -2.30. The van der Waals surface area contributed by atoms with Crippen LogP contribution < -0.4 is 24.6 Å². The molecular formula is C31H27N3O6S2. The second-order valence-electron chi connectivity index (χ2n) is 10.2. The van der Waals surface area contributed by atoms with E-state index in [0.29, 0.717) is 38.3 Å². The first kappa shape index (κ1) is 27.8. The summed E-state index contributed by atoms with van der Waals surface area (Å²) in [7, 11) is 1.49. The van der Waals surface area contributed by atoms with Crippen molar-refractivity contribution in [1.29, 1.82) is 0 Å². The summed E-state index contributed by atoms with van der Waals surface area (Å²) in [5.74, 6) is -1.52. The number of aromatic nitrogens is 1. The minimum atomic E-state index is -0.723. The number of fused-ring (bicyclic) bond motifs is 2. The van der Waals surface area contributed by atoms with Gasteiger partial charge in [-0.25, -0.2) is 4.90 Å². The molecule has 0 saturated carbocycles. The van der Waals surface area contributed by atoms with Crippen molar-refractivity contribution in [2.24, 2.45) is 5.92 Å². The third kappa shape index (κ3) is 4.99. The molecule has 3 heterocycles. The Balaban J connectivity index is 1.30. The van der Waals surface area contributed by atoms with E-state index >= 15 is 0 Å². The molecule has 11 heteroatoms. The molecule has 2 aliphatic rings. The van der Waals surface area contributed by atoms with Gasteiger partial charge in [-0.15, -0.1) is 0 Å². The molecular weight excluding hydrogens is 574 g/mol. The van der Waals surface area contributed by atoms with Crippen molar-refractivity contribution < 1.29 is 23.9 Å². The fourth-order valence-electron chi connectivity index (χ4n) is 5.36. The molecule has 0 bridgehead atoms. The molecule has 6 rings (SSSR count). The molecule has 3 atom stereocenters. The van der Waals surface area contributed by atoms with Crippen molar-refractivity contribution in [3.05, 3.63) is 98.0 Å². The molecule has 2 aliphatic heterocycles. The minimum Gasteiger partial charge on any atom is -0.493 e. The summed E-state index contributed by atoms with van der Waals surface area (Å²) in [6.45, 7) is 3.60. The van der Waals surface area contributed by atoms with Crippen LogP contribution in [-0.2, 0) is 14.4 Å². The van der Waals surface area contributed by atoms with Crippen molar-refractivity contribution in [3.63, 3.8) is 0 Å². The molecule has 42 heavy (non-hydrogen) atoms. The second kappa shape index (κ2) is 11.1. The van der Waals surface area contributed by atoms with Gasteiger partial charge in [0.2, 0.25) is 11.8 Å². The Morgan fingerprint density at radius 3 is 2.48 bits per heavy atom. The van der Waals surface area contributed by atoms with E-state index in [9.17, 15) is 19.2 Å². The zero-order chi connectivity index (χ0) is 29.5. The lowest BCUT2D eigenvalue weighted by molar-refractivity contribution is -0.122. The van der Waals surface area contributed by atoms with Crippen LogP contribution in [0.25, 0.3) is 0 Å². The van der Waals surface area contributed by atoms with E-state index in [4.69, 9.17) is 9.47 Å². The predicted molar refractivity (Wildman–Crippen MR) is 162 cm³/mol. The smallest absolute Gasteiger partial charge is 0.305 e. The number of amides is 3. The predicted octanol–water partition coefficient (Wildman–Crippen LogP) is 4.88. The van der Waals surface area contributed by atoms with Crippen LogP contribution in [0, 0.1) is 19.8 Å². The van der Waals surface area contributed by atoms with Crippen LogP contribution in [0.15, 0.2) is 76.6 Å². The second-order valence-corrected chi connectivity index (χ2v) is 12.3. The first-order valence-corrected chi connectivity index (χ1v) is 14.9. The van der Waals surface area contributed by atoms with Gasteiger partial charge in [-0.1, -0.05) is 65.1 Å². The SMILES string of the molecule is COc1cc([C@H]2c3sc(=O)[nH]c3SC3C(=O)N(c4ccc(C)cc4)C(=O)C32)ccc1OCC(=O)Nc1ccccc1C. The van der Waals surface area contributed by atoms with Crippen molar-refractivity contribution in [1.82, 2.24) is 4.98 Å². The van der Waals surface area contributed by atoms with E-state index in [-0.39, 0.29) is 29.2 Å². The molecule has 1 aromatic heterocycles. The van der Waals surface area contributed by atoms with Gasteiger partial charge in [0.05, 0.1) is 23.7 Å². The number of carbonyl (C=O) groups excluding carboxylic acids is 3. The highest BCUT2D eigenvalue weighted by molar-refractivity contribution is 8.00. The maximum atomic E-state index is 13.9. The van der Waals surface area contributed by atoms with E-state index in [0.717, 1.165) is 22.5 Å². The summed E-state index contributed by atoms with van der Waals surface area (Å²) in [6, 6.07) is 19.9. The van der Waals surface area contributed by atoms with Crippen LogP contribution in [0.3, 0.4) is 0 Å². The molecule has 9 nitrogen and oxygen atoms in total. The Morgan fingerprint density at radius 1 is 0.976 bits per heavy atom. The number of aromatic amines is 1. The first-order chi connectivity index (χ1) is 20.2. The summed E-state index contributed by atoms with van der Waals surface area (Å²) < 4.78 is 11.4. The van der Waals surface area contributed by atoms with Crippen LogP contribution in [0.1, 0.15) is 27.5 Å². The number of imide groups is 1. The zero-order valence-corrected chi connectivity index (χ0v) is 24.6. The zero-order valence-electron chi connectivity index (χ0n) is 23.0. The van der Waals surface area contributed by atoms with Crippen LogP contribution >= 0.6 is 23.1 Å². The molecule has 0 radical (unpaired) electrons. The van der Waals surface area contributed by atoms with Gasteiger partial charge in [0.1, 0.15) is 5.25 Å². The van der Waals surface area contributed by atoms with Gasteiger partial charge in [0.25, 0.3) is 5.91 Å². The van der Waals surface area contributed by atoms with Crippen LogP contribution in [0.2, 0.25) is 0 Å². The number of aryl methyl sites for hydroxylation is 2. The number of carbonyl (C=O) groups is 3. The molecule has 2 N–H and O–H groups in total. The Hall–Kier alpha value is -4.35. The number of nitrogens with one attached hydrogen (secondary N) is 2. The normalized spacial score (nSPS) is 19.3. The lowest BCUT2D eigenvalue weighted by atomic mass is 9.83. The van der Waals surface area contributed by atoms with Gasteiger partial charge < -0.3 is 19.8 Å². The maximum absolute atomic E-state index is 13.9. The fourth-order valence-corrected chi connectivity index (χ4v) is 7.88. The number of thioether (sulfide) groups is 1. The highest BCUT2D eigenvalue weighted by atomic mass is 32.2. The Morgan fingerprint density at radius 2 is 1.74 bits per heavy atom. The number of hydrogen-bond acceptors (Lipinski definition) is 8. The highest BCUT2D eigenvalue weighted by Gasteiger charge is 2.56. The summed E-state index contributed by atoms with van der Waals surface area (Å²) in [5, 5.41) is 2.73. The molecule has 214 valence electrons. The van der Waals surface area contributed by atoms with Crippen LogP contribution in [0.4, 0.5) is 11.4 Å². The molecule has 3 amide bonds. The third-order valence-corrected chi connectivity index (χ3v) is 9.84. The van der Waals surface area contributed by atoms with E-state index in [1.807, 2.05) is 50.2 Å². The van der Waals surface area contributed by atoms with Gasteiger partial charge in [-0.05, 0) is 55.3 Å². The average molecular weight is 602 g/mol. The third-order valence-electron chi connectivity index (χ3n) is 7.44. The number of thiazole rings is 1. The molecule has 0 aliphatic carbocycles. The quantitative estimate of drug-likeness (QED) is 0.290. The number of rotatable bonds is 7. The number of anilines is 2. The number of nitrogens with zero attached hydrogens (tertiary/aromatic N) is 1. The Kier molecular flexibility index (Phi) is 7.38. The van der Waals surface area contributed by atoms with Gasteiger partial charge in [-0.3, -0.25) is 19.2 Å². The van der Waals surface area contributed by atoms with Crippen molar-refractivity contribution >= 4 is 52.2 Å². The summed E-state index contributed by atoms with van der Waals surface area (Å²) in [6.07, 6.45) is 0. The molecule has 3 aromatic carbocycles. The Labute approximate surface area is 249 Å². The fraction of sp³-hybridized carbons (Fsp3) is 0.226. The summed E-state index contributed by atoms with van der Waals surface area (Å²) in [5.41, 5.74) is 3.87. The highest BCUT2D eigenvalue weighted by Crippen LogP contribution is 2.53. The molecule has 2 unspecified atom stereocenters. The molecule has 1 fully saturated rings. The van der Waals surface area contributed by atoms with Crippen molar-refractivity contribution in [2.45, 2.75) is 30.0 Å². The summed E-state index contributed by atoms with van der Waals surface area (Å²) >= 11 is 2.27. The van der Waals surface area contributed by atoms with Crippen molar-refractivity contribution in [2.75, 3.05) is 23.9 Å². The van der Waals surface area contributed by atoms with Crippen LogP contribution in [0.5, 0.6) is 11.5 Å². The first-order valence-electron chi connectivity index (χ1n) is 13.3.